The minimum atomic E-state index is -0.419. The fourth-order valence-corrected chi connectivity index (χ4v) is 4.83. The molecule has 194 valence electrons. The van der Waals surface area contributed by atoms with Crippen LogP contribution in [0, 0.1) is 5.82 Å². The molecule has 0 saturated heterocycles. The first-order chi connectivity index (χ1) is 18.4. The van der Waals surface area contributed by atoms with Gasteiger partial charge in [-0.25, -0.2) is 9.82 Å². The van der Waals surface area contributed by atoms with Crippen LogP contribution in [0.25, 0.3) is 0 Å². The Balaban J connectivity index is 1.43. The third-order valence-electron chi connectivity index (χ3n) is 5.37. The standard InChI is InChI=1S/C29H23Br2FN2O4/c1-36-27-14-21(9-12-26(27)37-17-19-5-3-2-4-6-19)29(35)34-33-16-22-13-23(30)15-25(31)28(22)38-18-20-7-10-24(32)11-8-20/h2-16H,17-18H2,1H3,(H,34,35)/b33-16+. The fraction of sp³-hybridized carbons (Fsp3) is 0.103. The lowest BCUT2D eigenvalue weighted by atomic mass is 10.2. The molecule has 0 aliphatic rings. The Kier molecular flexibility index (Phi) is 9.51. The van der Waals surface area contributed by atoms with E-state index in [0.717, 1.165) is 15.6 Å². The summed E-state index contributed by atoms with van der Waals surface area (Å²) in [6.45, 7) is 0.604. The highest BCUT2D eigenvalue weighted by Crippen LogP contribution is 2.33. The normalized spacial score (nSPS) is 10.8. The molecule has 0 aliphatic carbocycles. The molecule has 0 unspecified atom stereocenters. The van der Waals surface area contributed by atoms with E-state index in [-0.39, 0.29) is 12.4 Å². The van der Waals surface area contributed by atoms with Gasteiger partial charge in [0.25, 0.3) is 5.91 Å². The molecule has 0 aromatic heterocycles. The highest BCUT2D eigenvalue weighted by atomic mass is 79.9. The second-order valence-corrected chi connectivity index (χ2v) is 9.83. The maximum atomic E-state index is 13.2. The number of nitrogens with zero attached hydrogens (tertiary/aromatic N) is 1. The number of nitrogens with one attached hydrogen (secondary N) is 1. The first kappa shape index (κ1) is 27.3. The molecule has 1 amide bonds. The van der Waals surface area contributed by atoms with E-state index in [1.807, 2.05) is 42.5 Å². The van der Waals surface area contributed by atoms with Crippen molar-refractivity contribution in [2.75, 3.05) is 7.11 Å². The van der Waals surface area contributed by atoms with Gasteiger partial charge in [0, 0.05) is 15.6 Å². The lowest BCUT2D eigenvalue weighted by Gasteiger charge is -2.13. The van der Waals surface area contributed by atoms with Crippen LogP contribution in [0.1, 0.15) is 27.0 Å². The van der Waals surface area contributed by atoms with Crippen LogP contribution in [-0.2, 0) is 13.2 Å². The van der Waals surface area contributed by atoms with Gasteiger partial charge in [-0.3, -0.25) is 4.79 Å². The Morgan fingerprint density at radius 1 is 0.895 bits per heavy atom. The number of halogens is 3. The van der Waals surface area contributed by atoms with Crippen molar-refractivity contribution in [2.24, 2.45) is 5.10 Å². The van der Waals surface area contributed by atoms with Crippen molar-refractivity contribution in [3.63, 3.8) is 0 Å². The van der Waals surface area contributed by atoms with Crippen LogP contribution >= 0.6 is 31.9 Å². The van der Waals surface area contributed by atoms with Crippen molar-refractivity contribution in [1.29, 1.82) is 0 Å². The quantitative estimate of drug-likeness (QED) is 0.146. The largest absolute Gasteiger partial charge is 0.493 e. The highest BCUT2D eigenvalue weighted by Gasteiger charge is 2.13. The van der Waals surface area contributed by atoms with E-state index in [0.29, 0.717) is 39.5 Å². The van der Waals surface area contributed by atoms with Crippen molar-refractivity contribution >= 4 is 44.0 Å². The third-order valence-corrected chi connectivity index (χ3v) is 6.41. The first-order valence-electron chi connectivity index (χ1n) is 11.5. The monoisotopic (exact) mass is 640 g/mol. The van der Waals surface area contributed by atoms with Gasteiger partial charge in [0.05, 0.1) is 17.8 Å². The summed E-state index contributed by atoms with van der Waals surface area (Å²) in [5.41, 5.74) is 5.33. The van der Waals surface area contributed by atoms with Gasteiger partial charge in [-0.2, -0.15) is 5.10 Å². The summed E-state index contributed by atoms with van der Waals surface area (Å²) in [5.74, 6) is 0.756. The molecule has 0 aliphatic heterocycles. The smallest absolute Gasteiger partial charge is 0.271 e. The van der Waals surface area contributed by atoms with Crippen molar-refractivity contribution in [1.82, 2.24) is 5.43 Å². The van der Waals surface area contributed by atoms with E-state index < -0.39 is 5.91 Å². The number of hydrogen-bond donors (Lipinski definition) is 1. The number of amides is 1. The summed E-state index contributed by atoms with van der Waals surface area (Å²) in [4.78, 5) is 12.7. The lowest BCUT2D eigenvalue weighted by Crippen LogP contribution is -2.17. The Bertz CT molecular complexity index is 1430. The molecule has 1 N–H and O–H groups in total. The molecular weight excluding hydrogens is 619 g/mol. The second kappa shape index (κ2) is 13.2. The average molecular weight is 642 g/mol. The molecule has 0 radical (unpaired) electrons. The summed E-state index contributed by atoms with van der Waals surface area (Å²) >= 11 is 6.96. The van der Waals surface area contributed by atoms with Gasteiger partial charge in [-0.1, -0.05) is 58.4 Å². The Hall–Kier alpha value is -3.69. The summed E-state index contributed by atoms with van der Waals surface area (Å²) < 4.78 is 31.9. The minimum absolute atomic E-state index is 0.228. The van der Waals surface area contributed by atoms with Crippen LogP contribution in [0.5, 0.6) is 17.2 Å². The van der Waals surface area contributed by atoms with E-state index in [1.165, 1.54) is 25.5 Å². The third kappa shape index (κ3) is 7.43. The Morgan fingerprint density at radius 2 is 1.61 bits per heavy atom. The van der Waals surface area contributed by atoms with Crippen LogP contribution < -0.4 is 19.6 Å². The average Bonchev–Trinajstić information content (AvgIpc) is 2.92. The number of benzene rings is 4. The molecule has 0 bridgehead atoms. The second-order valence-electron chi connectivity index (χ2n) is 8.06. The molecule has 0 fully saturated rings. The molecule has 4 rings (SSSR count). The van der Waals surface area contributed by atoms with Gasteiger partial charge in [0.2, 0.25) is 0 Å². The Labute approximate surface area is 236 Å². The number of hydrazone groups is 1. The van der Waals surface area contributed by atoms with E-state index in [9.17, 15) is 9.18 Å². The van der Waals surface area contributed by atoms with E-state index in [4.69, 9.17) is 14.2 Å². The van der Waals surface area contributed by atoms with Crippen LogP contribution in [0.3, 0.4) is 0 Å². The zero-order chi connectivity index (χ0) is 26.9. The van der Waals surface area contributed by atoms with Crippen LogP contribution in [0.4, 0.5) is 4.39 Å². The number of methoxy groups -OCH3 is 1. The summed E-state index contributed by atoms with van der Waals surface area (Å²) in [5, 5.41) is 4.11. The molecule has 0 saturated carbocycles. The number of rotatable bonds is 10. The van der Waals surface area contributed by atoms with Crippen molar-refractivity contribution in [3.05, 3.63) is 122 Å². The molecule has 0 spiro atoms. The van der Waals surface area contributed by atoms with Gasteiger partial charge in [0.1, 0.15) is 24.8 Å². The van der Waals surface area contributed by atoms with E-state index >= 15 is 0 Å². The van der Waals surface area contributed by atoms with Gasteiger partial charge >= 0.3 is 0 Å². The van der Waals surface area contributed by atoms with Gasteiger partial charge < -0.3 is 14.2 Å². The maximum Gasteiger partial charge on any atom is 0.271 e. The summed E-state index contributed by atoms with van der Waals surface area (Å²) in [7, 11) is 1.52. The Morgan fingerprint density at radius 3 is 2.34 bits per heavy atom. The highest BCUT2D eigenvalue weighted by molar-refractivity contribution is 9.11. The summed E-state index contributed by atoms with van der Waals surface area (Å²) in [6, 6.07) is 24.4. The zero-order valence-electron chi connectivity index (χ0n) is 20.3. The number of carbonyl (C=O) groups excluding carboxylic acids is 1. The molecule has 0 heterocycles. The van der Waals surface area contributed by atoms with Crippen molar-refractivity contribution in [3.8, 4) is 17.2 Å². The fourth-order valence-electron chi connectivity index (χ4n) is 3.45. The molecule has 4 aromatic rings. The van der Waals surface area contributed by atoms with Gasteiger partial charge in [-0.15, -0.1) is 0 Å². The van der Waals surface area contributed by atoms with Gasteiger partial charge in [0.15, 0.2) is 11.5 Å². The number of carbonyl (C=O) groups is 1. The van der Waals surface area contributed by atoms with Crippen LogP contribution in [-0.4, -0.2) is 19.2 Å². The molecule has 9 heteroatoms. The molecule has 4 aromatic carbocycles. The zero-order valence-corrected chi connectivity index (χ0v) is 23.5. The lowest BCUT2D eigenvalue weighted by molar-refractivity contribution is 0.0954. The van der Waals surface area contributed by atoms with E-state index in [2.05, 4.69) is 42.4 Å². The van der Waals surface area contributed by atoms with Crippen molar-refractivity contribution < 1.29 is 23.4 Å². The van der Waals surface area contributed by atoms with Crippen LogP contribution in [0.15, 0.2) is 99.0 Å². The SMILES string of the molecule is COc1cc(C(=O)N/N=C/c2cc(Br)cc(Br)c2OCc2ccc(F)cc2)ccc1OCc1ccccc1. The maximum absolute atomic E-state index is 13.2. The first-order valence-corrected chi connectivity index (χ1v) is 13.1. The predicted octanol–water partition coefficient (Wildman–Crippen LogP) is 7.28. The number of hydrogen-bond acceptors (Lipinski definition) is 5. The predicted molar refractivity (Wildman–Crippen MR) is 151 cm³/mol. The summed E-state index contributed by atoms with van der Waals surface area (Å²) in [6.07, 6.45) is 1.49. The van der Waals surface area contributed by atoms with Crippen molar-refractivity contribution in [2.45, 2.75) is 13.2 Å². The molecular formula is C29H23Br2FN2O4. The molecule has 38 heavy (non-hydrogen) atoms. The topological polar surface area (TPSA) is 69.2 Å². The van der Waals surface area contributed by atoms with Gasteiger partial charge in [-0.05, 0) is 69.5 Å². The van der Waals surface area contributed by atoms with E-state index in [1.54, 1.807) is 30.3 Å². The molecule has 0 atom stereocenters. The number of ether oxygens (including phenoxy) is 3. The van der Waals surface area contributed by atoms with Crippen LogP contribution in [0.2, 0.25) is 0 Å². The molecule has 6 nitrogen and oxygen atoms in total. The minimum Gasteiger partial charge on any atom is -0.493 e.